The monoisotopic (exact) mass is 217 g/mol. The van der Waals surface area contributed by atoms with E-state index in [2.05, 4.69) is 0 Å². The van der Waals surface area contributed by atoms with E-state index in [1.165, 1.54) is 0 Å². The summed E-state index contributed by atoms with van der Waals surface area (Å²) in [6.07, 6.45) is 0.559. The van der Waals surface area contributed by atoms with Gasteiger partial charge in [0, 0.05) is 12.6 Å². The Morgan fingerprint density at radius 3 is 2.50 bits per heavy atom. The van der Waals surface area contributed by atoms with Gasteiger partial charge >= 0.3 is 0 Å². The molecular weight excluding hydrogens is 202 g/mol. The number of aliphatic hydroxyl groups excluding tert-OH is 1. The smallest absolute Gasteiger partial charge is 0.116 e. The van der Waals surface area contributed by atoms with E-state index in [1.807, 2.05) is 24.3 Å². The number of rotatable bonds is 3. The fourth-order valence-corrected chi connectivity index (χ4v) is 1.79. The quantitative estimate of drug-likeness (QED) is 0.736. The summed E-state index contributed by atoms with van der Waals surface area (Å²) in [4.78, 5) is 0. The van der Waals surface area contributed by atoms with Crippen LogP contribution in [0.25, 0.3) is 10.8 Å². The first-order chi connectivity index (χ1) is 7.70. The zero-order chi connectivity index (χ0) is 11.5. The summed E-state index contributed by atoms with van der Waals surface area (Å²) in [6, 6.07) is 11.0. The van der Waals surface area contributed by atoms with Gasteiger partial charge < -0.3 is 15.9 Å². The molecule has 16 heavy (non-hydrogen) atoms. The Hall–Kier alpha value is -1.58. The van der Waals surface area contributed by atoms with Crippen molar-refractivity contribution in [1.29, 1.82) is 0 Å². The largest absolute Gasteiger partial charge is 0.508 e. The molecule has 0 unspecified atom stereocenters. The SMILES string of the molecule is N[C@H](CCO)c1ccc2cc(O)ccc2c1. The summed E-state index contributed by atoms with van der Waals surface area (Å²) in [5.74, 6) is 0.264. The number of benzene rings is 2. The molecule has 2 aromatic carbocycles. The van der Waals surface area contributed by atoms with Crippen LogP contribution in [0.5, 0.6) is 5.75 Å². The van der Waals surface area contributed by atoms with Crippen LogP contribution in [0.15, 0.2) is 36.4 Å². The van der Waals surface area contributed by atoms with Crippen molar-refractivity contribution in [2.45, 2.75) is 12.5 Å². The zero-order valence-electron chi connectivity index (χ0n) is 8.93. The second kappa shape index (κ2) is 4.51. The molecule has 0 aliphatic carbocycles. The Labute approximate surface area is 94.1 Å². The van der Waals surface area contributed by atoms with Crippen LogP contribution in [0.1, 0.15) is 18.0 Å². The Kier molecular flexibility index (Phi) is 3.08. The van der Waals surface area contributed by atoms with Crippen LogP contribution in [0.4, 0.5) is 0 Å². The second-order valence-corrected chi connectivity index (χ2v) is 3.91. The Morgan fingerprint density at radius 1 is 1.06 bits per heavy atom. The van der Waals surface area contributed by atoms with Crippen LogP contribution in [0.2, 0.25) is 0 Å². The van der Waals surface area contributed by atoms with Crippen molar-refractivity contribution >= 4 is 10.8 Å². The van der Waals surface area contributed by atoms with Gasteiger partial charge in [0.1, 0.15) is 5.75 Å². The van der Waals surface area contributed by atoms with Crippen LogP contribution < -0.4 is 5.73 Å². The lowest BCUT2D eigenvalue weighted by Gasteiger charge is -2.11. The molecule has 2 rings (SSSR count). The highest BCUT2D eigenvalue weighted by Gasteiger charge is 2.05. The Bertz CT molecular complexity index is 496. The highest BCUT2D eigenvalue weighted by Crippen LogP contribution is 2.23. The minimum atomic E-state index is -0.136. The molecule has 0 aromatic heterocycles. The van der Waals surface area contributed by atoms with Crippen molar-refractivity contribution in [1.82, 2.24) is 0 Å². The van der Waals surface area contributed by atoms with Crippen LogP contribution in [-0.4, -0.2) is 16.8 Å². The van der Waals surface area contributed by atoms with Gasteiger partial charge in [0.2, 0.25) is 0 Å². The van der Waals surface area contributed by atoms with Crippen molar-refractivity contribution in [3.63, 3.8) is 0 Å². The number of hydrogen-bond acceptors (Lipinski definition) is 3. The third-order valence-electron chi connectivity index (χ3n) is 2.72. The van der Waals surface area contributed by atoms with Crippen molar-refractivity contribution in [3.8, 4) is 5.75 Å². The van der Waals surface area contributed by atoms with Gasteiger partial charge in [-0.2, -0.15) is 0 Å². The molecule has 3 heteroatoms. The maximum Gasteiger partial charge on any atom is 0.116 e. The third kappa shape index (κ3) is 2.15. The van der Waals surface area contributed by atoms with Crippen LogP contribution >= 0.6 is 0 Å². The van der Waals surface area contributed by atoms with Gasteiger partial charge in [-0.25, -0.2) is 0 Å². The van der Waals surface area contributed by atoms with E-state index in [9.17, 15) is 5.11 Å². The molecule has 0 aliphatic rings. The molecule has 0 saturated carbocycles. The van der Waals surface area contributed by atoms with Crippen LogP contribution in [-0.2, 0) is 0 Å². The lowest BCUT2D eigenvalue weighted by molar-refractivity contribution is 0.276. The molecule has 0 amide bonds. The van der Waals surface area contributed by atoms with Crippen LogP contribution in [0.3, 0.4) is 0 Å². The standard InChI is InChI=1S/C13H15NO2/c14-13(5-6-15)11-2-1-10-8-12(16)4-3-9(10)7-11/h1-4,7-8,13,15-16H,5-6,14H2/t13-/m1/s1. The van der Waals surface area contributed by atoms with Gasteiger partial charge in [-0.05, 0) is 41.0 Å². The molecule has 4 N–H and O–H groups in total. The summed E-state index contributed by atoms with van der Waals surface area (Å²) < 4.78 is 0. The summed E-state index contributed by atoms with van der Waals surface area (Å²) in [6.45, 7) is 0.0920. The van der Waals surface area contributed by atoms with E-state index in [4.69, 9.17) is 10.8 Å². The average molecular weight is 217 g/mol. The van der Waals surface area contributed by atoms with Crippen molar-refractivity contribution in [3.05, 3.63) is 42.0 Å². The predicted molar refractivity (Wildman–Crippen MR) is 64.2 cm³/mol. The minimum Gasteiger partial charge on any atom is -0.508 e. The Morgan fingerprint density at radius 2 is 1.75 bits per heavy atom. The highest BCUT2D eigenvalue weighted by atomic mass is 16.3. The molecule has 3 nitrogen and oxygen atoms in total. The van der Waals surface area contributed by atoms with Gasteiger partial charge in [-0.3, -0.25) is 0 Å². The lowest BCUT2D eigenvalue weighted by atomic mass is 10.0. The summed E-state index contributed by atoms with van der Waals surface area (Å²) in [5, 5.41) is 20.2. The third-order valence-corrected chi connectivity index (χ3v) is 2.72. The topological polar surface area (TPSA) is 66.5 Å². The second-order valence-electron chi connectivity index (χ2n) is 3.91. The molecule has 84 valence electrons. The lowest BCUT2D eigenvalue weighted by Crippen LogP contribution is -2.11. The highest BCUT2D eigenvalue weighted by molar-refractivity contribution is 5.84. The number of fused-ring (bicyclic) bond motifs is 1. The number of hydrogen-bond donors (Lipinski definition) is 3. The van der Waals surface area contributed by atoms with Gasteiger partial charge in [-0.1, -0.05) is 18.2 Å². The summed E-state index contributed by atoms with van der Waals surface area (Å²) >= 11 is 0. The molecule has 0 fully saturated rings. The first-order valence-corrected chi connectivity index (χ1v) is 5.30. The van der Waals surface area contributed by atoms with E-state index in [0.29, 0.717) is 6.42 Å². The van der Waals surface area contributed by atoms with Gasteiger partial charge in [0.25, 0.3) is 0 Å². The van der Waals surface area contributed by atoms with Gasteiger partial charge in [0.05, 0.1) is 0 Å². The number of phenols is 1. The average Bonchev–Trinajstić information content (AvgIpc) is 2.28. The fraction of sp³-hybridized carbons (Fsp3) is 0.231. The molecular formula is C13H15NO2. The number of aliphatic hydroxyl groups is 1. The maximum atomic E-state index is 9.34. The molecule has 0 heterocycles. The van der Waals surface area contributed by atoms with Gasteiger partial charge in [-0.15, -0.1) is 0 Å². The molecule has 2 aromatic rings. The maximum absolute atomic E-state index is 9.34. The fourth-order valence-electron chi connectivity index (χ4n) is 1.79. The molecule has 0 spiro atoms. The van der Waals surface area contributed by atoms with E-state index in [0.717, 1.165) is 16.3 Å². The molecule has 0 radical (unpaired) electrons. The minimum absolute atomic E-state index is 0.0920. The number of phenolic OH excluding ortho intramolecular Hbond substituents is 1. The van der Waals surface area contributed by atoms with E-state index in [-0.39, 0.29) is 18.4 Å². The van der Waals surface area contributed by atoms with E-state index in [1.54, 1.807) is 12.1 Å². The van der Waals surface area contributed by atoms with E-state index >= 15 is 0 Å². The summed E-state index contributed by atoms with van der Waals surface area (Å²) in [5.41, 5.74) is 6.92. The predicted octanol–water partition coefficient (Wildman–Crippen LogP) is 1.93. The number of nitrogens with two attached hydrogens (primary N) is 1. The molecule has 0 bridgehead atoms. The Balaban J connectivity index is 2.40. The van der Waals surface area contributed by atoms with Gasteiger partial charge in [0.15, 0.2) is 0 Å². The first kappa shape index (κ1) is 10.9. The first-order valence-electron chi connectivity index (χ1n) is 5.30. The normalized spacial score (nSPS) is 12.9. The zero-order valence-corrected chi connectivity index (χ0v) is 8.93. The molecule has 0 saturated heterocycles. The van der Waals surface area contributed by atoms with Crippen molar-refractivity contribution < 1.29 is 10.2 Å². The van der Waals surface area contributed by atoms with Crippen LogP contribution in [0, 0.1) is 0 Å². The molecule has 1 atom stereocenters. The summed E-state index contributed by atoms with van der Waals surface area (Å²) in [7, 11) is 0. The van der Waals surface area contributed by atoms with E-state index < -0.39 is 0 Å². The molecule has 0 aliphatic heterocycles. The van der Waals surface area contributed by atoms with Crippen molar-refractivity contribution in [2.75, 3.05) is 6.61 Å². The van der Waals surface area contributed by atoms with Crippen molar-refractivity contribution in [2.24, 2.45) is 5.73 Å². The number of aromatic hydroxyl groups is 1.